The predicted molar refractivity (Wildman–Crippen MR) is 374 cm³/mol. The van der Waals surface area contributed by atoms with Crippen molar-refractivity contribution in [1.82, 2.24) is 24.8 Å². The van der Waals surface area contributed by atoms with E-state index in [-0.39, 0.29) is 280 Å². The fraction of sp³-hybridized carbons (Fsp3) is 0.306. The number of carboxylic acids is 3. The molecule has 0 saturated carbocycles. The van der Waals surface area contributed by atoms with Crippen LogP contribution in [0, 0.1) is 0 Å². The van der Waals surface area contributed by atoms with Crippen LogP contribution in [0.5, 0.6) is 11.5 Å². The number of carboxylic acid groups (broad SMARTS) is 3. The standard InChI is InChI=1S/C33H38N4O13S3.C18H9Cl3O8S3.C7H14N2O.C4H9NO2.ClH.4Na.H2O/c1-19(2)33(43)34-13-6-16-37-51(44,45)26-17-25(50-20(3)38)21-9-10-23-27(52(46,47)35-14-4-7-29(39)40)18-28(24-12-11-22(26)31(21)32(23)24)53(48,49)36-15-5-8-30(41)42;1-8(22)29-13-6-14(30(19,23)24)10-4-5-12-16(32(21,27)28)7-15(31(20,25)26)11-3-2-9(13)17(10)18(11)12;1-6(2)7(10)9-5-3-4-8;5-3-1-2-4(6)7;;;;;;/h9-12,17-18,35-37H,1,4-8,13-16H2,2-3H3,(H,34,43)(H,39,40)(H,41,42);2-7H,1H3;1,3-5,8H2,2H3,(H,9,10);1-3,5H2,(H,6,7);1H;;;;;1H2/q;;;;;4*+1;/p-4. The molecule has 0 unspecified atom stereocenters. The van der Waals surface area contributed by atoms with Gasteiger partial charge in [0.2, 0.25) is 41.9 Å². The molecule has 0 fully saturated rings. The van der Waals surface area contributed by atoms with Gasteiger partial charge in [-0.2, -0.15) is 0 Å². The number of nitrogens with one attached hydrogen (secondary N) is 5. The van der Waals surface area contributed by atoms with Gasteiger partial charge in [0, 0.05) is 191 Å². The number of esters is 2. The number of carbonyl (C=O) groups excluding carboxylic acids is 7. The molecule has 108 heavy (non-hydrogen) atoms. The normalized spacial score (nSPS) is 11.4. The van der Waals surface area contributed by atoms with E-state index in [1.807, 2.05) is 0 Å². The van der Waals surface area contributed by atoms with E-state index < -0.39 is 130 Å². The van der Waals surface area contributed by atoms with E-state index in [4.69, 9.17) is 47.3 Å². The monoisotopic (exact) mass is 1740 g/mol. The predicted octanol–water partition coefficient (Wildman–Crippen LogP) is -13.6. The van der Waals surface area contributed by atoms with E-state index in [0.29, 0.717) is 25.1 Å². The second-order valence-electron chi connectivity index (χ2n) is 22.2. The molecule has 46 heteroatoms. The van der Waals surface area contributed by atoms with Crippen LogP contribution in [0.1, 0.15) is 79.1 Å². The minimum absolute atomic E-state index is 0. The molecule has 32 nitrogen and oxygen atoms in total. The topological polar surface area (TPSA) is 556 Å². The molecule has 570 valence electrons. The van der Waals surface area contributed by atoms with Crippen LogP contribution in [-0.4, -0.2) is 143 Å². The largest absolute Gasteiger partial charge is 1.00 e. The molecule has 0 bridgehead atoms. The van der Waals surface area contributed by atoms with E-state index in [0.717, 1.165) is 51.1 Å². The second kappa shape index (κ2) is 45.9. The zero-order valence-electron chi connectivity index (χ0n) is 59.4. The first kappa shape index (κ1) is 106. The molecule has 0 spiro atoms. The molecule has 0 atom stereocenters. The number of halogens is 4. The first-order valence-corrected chi connectivity index (χ1v) is 41.4. The van der Waals surface area contributed by atoms with Crippen molar-refractivity contribution in [1.29, 1.82) is 0 Å². The summed E-state index contributed by atoms with van der Waals surface area (Å²) in [4.78, 5) is 74.8. The number of sulfonamides is 3. The molecule has 0 aromatic heterocycles. The zero-order chi connectivity index (χ0) is 76.8. The maximum atomic E-state index is 13.8. The average molecular weight is 1740 g/mol. The number of amides is 2. The minimum Gasteiger partial charge on any atom is -1.00 e. The van der Waals surface area contributed by atoms with Crippen molar-refractivity contribution < 1.29 is 251 Å². The van der Waals surface area contributed by atoms with Crippen molar-refractivity contribution in [2.75, 3.05) is 45.8 Å². The average Bonchev–Trinajstić information content (AvgIpc) is 0.712. The minimum atomic E-state index is -4.59. The first-order valence-electron chi connectivity index (χ1n) is 30.1. The molecule has 8 aromatic rings. The smallest absolute Gasteiger partial charge is 1.00 e. The summed E-state index contributed by atoms with van der Waals surface area (Å²) in [7, 11) is -10.2. The summed E-state index contributed by atoms with van der Waals surface area (Å²) >= 11 is 0. The maximum Gasteiger partial charge on any atom is 1.00 e. The number of hydrogen-bond acceptors (Lipinski definition) is 26. The third kappa shape index (κ3) is 28.9. The van der Waals surface area contributed by atoms with Crippen molar-refractivity contribution in [3.8, 4) is 11.5 Å². The molecule has 8 aromatic carbocycles. The Morgan fingerprint density at radius 2 is 0.667 bits per heavy atom. The van der Waals surface area contributed by atoms with Crippen LogP contribution < -0.4 is 192 Å². The number of carbonyl (C=O) groups is 7. The van der Waals surface area contributed by atoms with Crippen LogP contribution in [0.15, 0.2) is 126 Å². The number of ether oxygens (including phenoxy) is 2. The Morgan fingerprint density at radius 3 is 0.944 bits per heavy atom. The number of aliphatic carboxylic acids is 3. The summed E-state index contributed by atoms with van der Waals surface area (Å²) in [6.07, 6.45) is 0.457. The molecule has 8 rings (SSSR count). The summed E-state index contributed by atoms with van der Waals surface area (Å²) < 4.78 is 174. The van der Waals surface area contributed by atoms with Crippen molar-refractivity contribution in [2.45, 2.75) is 108 Å². The SMILES string of the molecule is C=C(C)C(=O)NCCCNS(=O)(=O)c1cc(OC(C)=O)c2ccc3c(S(=O)(=O)NCCCC(=O)[O-])cc(S(=O)(=O)NCCCC(=O)[O-])c4ccc1c2c34.C=C(C)C(=O)NCCC[NH3+].CC(=O)Oc1cc(S(=O)(=O)Cl)c2ccc3c(S(=O)(=O)Cl)cc(S(=O)(=O)Cl)c4ccc1c2c43.NCCCC(=O)[O-].[Cl-].[Na+].[Na+].[Na+].[Na+].[OH-]. The Kier molecular flexibility index (Phi) is 45.2. The molecule has 2 amide bonds. The van der Waals surface area contributed by atoms with Gasteiger partial charge in [-0.15, -0.1) is 0 Å². The summed E-state index contributed by atoms with van der Waals surface area (Å²) in [5, 5.41) is 37.1. The summed E-state index contributed by atoms with van der Waals surface area (Å²) in [5.41, 5.74) is 9.46. The summed E-state index contributed by atoms with van der Waals surface area (Å²) in [6.45, 7) is 13.7. The zero-order valence-corrected chi connectivity index (χ0v) is 75.4. The summed E-state index contributed by atoms with van der Waals surface area (Å²) in [5.74, 6) is -6.30. The van der Waals surface area contributed by atoms with Crippen molar-refractivity contribution >= 4 is 196 Å². The molecule has 11 N–H and O–H groups in total. The molecule has 0 aliphatic carbocycles. The molecule has 0 aliphatic heterocycles. The fourth-order valence-electron chi connectivity index (χ4n) is 9.97. The molecule has 0 saturated heterocycles. The maximum absolute atomic E-state index is 13.8. The van der Waals surface area contributed by atoms with E-state index in [2.05, 4.69) is 43.7 Å². The van der Waals surface area contributed by atoms with Gasteiger partial charge in [0.1, 0.15) is 11.5 Å². The number of quaternary nitrogens is 1. The van der Waals surface area contributed by atoms with Gasteiger partial charge in [-0.25, -0.2) is 64.7 Å². The third-order valence-electron chi connectivity index (χ3n) is 14.4. The van der Waals surface area contributed by atoms with E-state index in [9.17, 15) is 99.4 Å². The van der Waals surface area contributed by atoms with Gasteiger partial charge in [0.25, 0.3) is 27.2 Å². The van der Waals surface area contributed by atoms with Gasteiger partial charge >= 0.3 is 130 Å². The first-order chi connectivity index (χ1) is 47.3. The number of rotatable bonds is 31. The molecular weight excluding hydrogens is 1670 g/mol. The van der Waals surface area contributed by atoms with Crippen molar-refractivity contribution in [3.63, 3.8) is 0 Å². The Labute approximate surface area is 730 Å². The Balaban J connectivity index is 0. The molecular formula is C62H69Cl4N7Na4O25S6. The number of hydrogen-bond donors (Lipinski definition) is 7. The van der Waals surface area contributed by atoms with Gasteiger partial charge in [-0.1, -0.05) is 49.6 Å². The summed E-state index contributed by atoms with van der Waals surface area (Å²) in [6, 6.07) is 14.6. The van der Waals surface area contributed by atoms with Crippen LogP contribution in [0.25, 0.3) is 64.6 Å². The van der Waals surface area contributed by atoms with E-state index >= 15 is 0 Å². The fourth-order valence-corrected chi connectivity index (χ4v) is 17.2. The Bertz CT molecular complexity index is 5260. The van der Waals surface area contributed by atoms with Crippen LogP contribution in [0.4, 0.5) is 0 Å². The van der Waals surface area contributed by atoms with Crippen molar-refractivity contribution in [2.24, 2.45) is 5.73 Å². The van der Waals surface area contributed by atoms with E-state index in [1.165, 1.54) is 55.5 Å². The van der Waals surface area contributed by atoms with Crippen LogP contribution >= 0.6 is 32.0 Å². The van der Waals surface area contributed by atoms with Gasteiger partial charge in [0.15, 0.2) is 0 Å². The molecule has 0 heterocycles. The van der Waals surface area contributed by atoms with Gasteiger partial charge in [-0.3, -0.25) is 19.2 Å². The van der Waals surface area contributed by atoms with Crippen LogP contribution in [-0.2, 0) is 90.8 Å². The quantitative estimate of drug-likeness (QED) is 0.00403. The van der Waals surface area contributed by atoms with Gasteiger partial charge in [-0.05, 0) is 89.6 Å². The van der Waals surface area contributed by atoms with E-state index in [1.54, 1.807) is 6.92 Å². The van der Waals surface area contributed by atoms with Gasteiger partial charge in [0.05, 0.1) is 35.9 Å². The van der Waals surface area contributed by atoms with Crippen LogP contribution in [0.2, 0.25) is 0 Å². The van der Waals surface area contributed by atoms with Crippen molar-refractivity contribution in [3.05, 3.63) is 97.1 Å². The number of benzene rings is 8. The molecule has 0 aliphatic rings. The second-order valence-corrected chi connectivity index (χ2v) is 35.0. The molecule has 0 radical (unpaired) electrons. The third-order valence-corrected chi connectivity index (χ3v) is 22.9. The Morgan fingerprint density at radius 1 is 0.417 bits per heavy atom. The Hall–Kier alpha value is -3.77. The number of nitrogens with two attached hydrogens (primary N) is 1. The van der Waals surface area contributed by atoms with Gasteiger partial charge < -0.3 is 79.2 Å². The van der Waals surface area contributed by atoms with Crippen LogP contribution in [0.3, 0.4) is 0 Å².